The van der Waals surface area contributed by atoms with Gasteiger partial charge in [-0.05, 0) is 85.8 Å². The molecule has 2 fully saturated rings. The predicted molar refractivity (Wildman–Crippen MR) is 177 cm³/mol. The van der Waals surface area contributed by atoms with Crippen molar-refractivity contribution in [3.8, 4) is 11.3 Å². The predicted octanol–water partition coefficient (Wildman–Crippen LogP) is 8.49. The Morgan fingerprint density at radius 1 is 0.977 bits per heavy atom. The highest BCUT2D eigenvalue weighted by atomic mass is 35.5. The number of hydrogen-bond acceptors (Lipinski definition) is 5. The molecule has 1 aliphatic heterocycles. The summed E-state index contributed by atoms with van der Waals surface area (Å²) in [5, 5.41) is 14.1. The average molecular weight is 614 g/mol. The Bertz CT molecular complexity index is 1490. The molecule has 2 heterocycles. The van der Waals surface area contributed by atoms with Gasteiger partial charge < -0.3 is 10.0 Å². The second-order valence-electron chi connectivity index (χ2n) is 12.4. The van der Waals surface area contributed by atoms with E-state index < -0.39 is 11.4 Å². The lowest BCUT2D eigenvalue weighted by Crippen LogP contribution is -2.47. The molecule has 1 N–H and O–H groups in total. The molecule has 0 spiro atoms. The van der Waals surface area contributed by atoms with E-state index in [1.807, 2.05) is 42.5 Å². The van der Waals surface area contributed by atoms with Crippen LogP contribution in [-0.2, 0) is 16.8 Å². The number of aliphatic carboxylic acids is 1. The first-order valence-electron chi connectivity index (χ1n) is 15.4. The van der Waals surface area contributed by atoms with Crippen molar-refractivity contribution in [2.75, 3.05) is 31.6 Å². The molecule has 0 radical (unpaired) electrons. The molecule has 6 rings (SSSR count). The van der Waals surface area contributed by atoms with Gasteiger partial charge in [-0.15, -0.1) is 11.3 Å². The highest BCUT2D eigenvalue weighted by molar-refractivity contribution is 7.09. The van der Waals surface area contributed by atoms with Crippen molar-refractivity contribution in [3.63, 3.8) is 0 Å². The van der Waals surface area contributed by atoms with E-state index in [9.17, 15) is 9.90 Å². The van der Waals surface area contributed by atoms with Gasteiger partial charge in [-0.3, -0.25) is 9.69 Å². The van der Waals surface area contributed by atoms with Crippen LogP contribution >= 0.6 is 22.9 Å². The van der Waals surface area contributed by atoms with Crippen molar-refractivity contribution in [3.05, 3.63) is 105 Å². The molecule has 1 saturated carbocycles. The Morgan fingerprint density at radius 2 is 1.65 bits per heavy atom. The van der Waals surface area contributed by atoms with Crippen LogP contribution in [0.1, 0.15) is 60.6 Å². The summed E-state index contributed by atoms with van der Waals surface area (Å²) in [4.78, 5) is 22.0. The van der Waals surface area contributed by atoms with Gasteiger partial charge >= 0.3 is 5.97 Å². The number of halogens is 1. The largest absolute Gasteiger partial charge is 0.481 e. The van der Waals surface area contributed by atoms with Gasteiger partial charge in [0.05, 0.1) is 17.7 Å². The summed E-state index contributed by atoms with van der Waals surface area (Å²) in [6.45, 7) is 3.34. The molecule has 1 saturated heterocycles. The molecule has 224 valence electrons. The zero-order chi connectivity index (χ0) is 29.8. The van der Waals surface area contributed by atoms with E-state index >= 15 is 0 Å². The van der Waals surface area contributed by atoms with Gasteiger partial charge in [0.1, 0.15) is 5.01 Å². The lowest BCUT2D eigenvalue weighted by molar-refractivity contribution is -0.146. The third-order valence-electron chi connectivity index (χ3n) is 9.68. The van der Waals surface area contributed by atoms with E-state index in [-0.39, 0.29) is 0 Å². The molecule has 1 aromatic heterocycles. The lowest BCUT2D eigenvalue weighted by atomic mass is 9.73. The van der Waals surface area contributed by atoms with Gasteiger partial charge in [-0.2, -0.15) is 0 Å². The number of likely N-dealkylation sites (tertiary alicyclic amines) is 1. The molecule has 7 heteroatoms. The number of thiazole rings is 1. The second kappa shape index (κ2) is 13.2. The van der Waals surface area contributed by atoms with Gasteiger partial charge in [0, 0.05) is 48.3 Å². The van der Waals surface area contributed by atoms with Crippen molar-refractivity contribution in [1.29, 1.82) is 0 Å². The van der Waals surface area contributed by atoms with Gasteiger partial charge in [0.15, 0.2) is 0 Å². The normalized spacial score (nSPS) is 20.5. The zero-order valence-corrected chi connectivity index (χ0v) is 26.4. The fourth-order valence-electron chi connectivity index (χ4n) is 6.98. The quantitative estimate of drug-likeness (QED) is 0.205. The van der Waals surface area contributed by atoms with Crippen LogP contribution in [0.5, 0.6) is 0 Å². The van der Waals surface area contributed by atoms with Gasteiger partial charge in [-0.25, -0.2) is 4.98 Å². The van der Waals surface area contributed by atoms with E-state index in [1.54, 1.807) is 11.3 Å². The van der Waals surface area contributed by atoms with Gasteiger partial charge in [0.2, 0.25) is 0 Å². The number of nitrogens with zero attached hydrogens (tertiary/aromatic N) is 3. The number of piperidine rings is 1. The number of aromatic nitrogens is 1. The minimum absolute atomic E-state index is 0.614. The first-order valence-corrected chi connectivity index (χ1v) is 16.7. The topological polar surface area (TPSA) is 56.7 Å². The van der Waals surface area contributed by atoms with E-state index in [4.69, 9.17) is 16.6 Å². The third-order valence-corrected chi connectivity index (χ3v) is 10.8. The summed E-state index contributed by atoms with van der Waals surface area (Å²) in [5.74, 6) is 0.659. The van der Waals surface area contributed by atoms with E-state index in [1.165, 1.54) is 36.9 Å². The van der Waals surface area contributed by atoms with Gasteiger partial charge in [-0.1, -0.05) is 66.2 Å². The number of carboxylic acids is 1. The maximum absolute atomic E-state index is 12.3. The van der Waals surface area contributed by atoms with Crippen LogP contribution in [0.2, 0.25) is 5.02 Å². The first kappa shape index (κ1) is 29.9. The van der Waals surface area contributed by atoms with Crippen LogP contribution in [0, 0.1) is 5.92 Å². The Kier molecular flexibility index (Phi) is 9.17. The maximum Gasteiger partial charge on any atom is 0.314 e. The van der Waals surface area contributed by atoms with Crippen molar-refractivity contribution in [1.82, 2.24) is 9.88 Å². The van der Waals surface area contributed by atoms with Crippen LogP contribution < -0.4 is 4.90 Å². The standard InChI is InChI=1S/C36H40ClN3O2S/c1-39(23-26-7-9-27(10-8-26)28-11-15-31(37)16-12-28)32-17-13-29(14-18-32)33-25-43-34(38-33)24-40-21-19-36(20-22-40,35(41)42)30-5-3-2-4-6-30/h2-6,11-18,25-27H,7-10,19-24H2,1H3,(H,41,42)/t26-,27-. The molecule has 0 atom stereocenters. The molecule has 43 heavy (non-hydrogen) atoms. The smallest absolute Gasteiger partial charge is 0.314 e. The van der Waals surface area contributed by atoms with E-state index in [0.717, 1.165) is 58.9 Å². The summed E-state index contributed by atoms with van der Waals surface area (Å²) in [6.07, 6.45) is 6.24. The Morgan fingerprint density at radius 3 is 2.30 bits per heavy atom. The zero-order valence-electron chi connectivity index (χ0n) is 24.8. The average Bonchev–Trinajstić information content (AvgIpc) is 3.51. The summed E-state index contributed by atoms with van der Waals surface area (Å²) in [5.41, 5.74) is 4.93. The van der Waals surface area contributed by atoms with E-state index in [2.05, 4.69) is 58.6 Å². The maximum atomic E-state index is 12.3. The Hall–Kier alpha value is -3.19. The molecule has 5 nitrogen and oxygen atoms in total. The third kappa shape index (κ3) is 6.82. The molecule has 0 bridgehead atoms. The fourth-order valence-corrected chi connectivity index (χ4v) is 7.95. The lowest BCUT2D eigenvalue weighted by Gasteiger charge is -2.39. The van der Waals surface area contributed by atoms with Crippen LogP contribution in [0.4, 0.5) is 5.69 Å². The van der Waals surface area contributed by atoms with Crippen molar-refractivity contribution in [2.24, 2.45) is 5.92 Å². The first-order chi connectivity index (χ1) is 20.9. The highest BCUT2D eigenvalue weighted by Crippen LogP contribution is 2.38. The Balaban J connectivity index is 0.999. The Labute approximate surface area is 264 Å². The summed E-state index contributed by atoms with van der Waals surface area (Å²) < 4.78 is 0. The van der Waals surface area contributed by atoms with Crippen LogP contribution in [-0.4, -0.2) is 47.6 Å². The molecule has 2 aliphatic rings. The van der Waals surface area contributed by atoms with Crippen molar-refractivity contribution < 1.29 is 9.90 Å². The molecule has 3 aromatic carbocycles. The SMILES string of the molecule is CN(C[C@H]1CC[C@H](c2ccc(Cl)cc2)CC1)c1ccc(-c2csc(CN3CCC(C(=O)O)(c4ccccc4)CC3)n2)cc1. The summed E-state index contributed by atoms with van der Waals surface area (Å²) >= 11 is 7.77. The minimum atomic E-state index is -0.794. The highest BCUT2D eigenvalue weighted by Gasteiger charge is 2.43. The number of anilines is 1. The molecule has 4 aromatic rings. The monoisotopic (exact) mass is 613 g/mol. The van der Waals surface area contributed by atoms with Crippen LogP contribution in [0.15, 0.2) is 84.2 Å². The van der Waals surface area contributed by atoms with Crippen molar-refractivity contribution >= 4 is 34.6 Å². The number of rotatable bonds is 9. The molecule has 0 unspecified atom stereocenters. The van der Waals surface area contributed by atoms with Crippen LogP contribution in [0.25, 0.3) is 11.3 Å². The van der Waals surface area contributed by atoms with Crippen molar-refractivity contribution in [2.45, 2.75) is 56.4 Å². The minimum Gasteiger partial charge on any atom is -0.481 e. The fraction of sp³-hybridized carbons (Fsp3) is 0.389. The number of hydrogen-bond donors (Lipinski definition) is 1. The second-order valence-corrected chi connectivity index (χ2v) is 13.7. The molecular weight excluding hydrogens is 574 g/mol. The number of carboxylic acid groups (broad SMARTS) is 1. The van der Waals surface area contributed by atoms with Crippen LogP contribution in [0.3, 0.4) is 0 Å². The molecule has 0 amide bonds. The van der Waals surface area contributed by atoms with Gasteiger partial charge in [0.25, 0.3) is 0 Å². The molecule has 1 aliphatic carbocycles. The summed E-state index contributed by atoms with van der Waals surface area (Å²) in [7, 11) is 2.21. The molecular formula is C36H40ClN3O2S. The number of benzene rings is 3. The number of carbonyl (C=O) groups is 1. The van der Waals surface area contributed by atoms with E-state index in [0.29, 0.717) is 18.8 Å². The summed E-state index contributed by atoms with van der Waals surface area (Å²) in [6, 6.07) is 26.9.